The highest BCUT2D eigenvalue weighted by Gasteiger charge is 2.12. The van der Waals surface area contributed by atoms with Crippen LogP contribution in [-0.2, 0) is 17.7 Å². The van der Waals surface area contributed by atoms with E-state index in [1.807, 2.05) is 13.0 Å². The van der Waals surface area contributed by atoms with Crippen molar-refractivity contribution in [2.24, 2.45) is 0 Å². The molecule has 1 heterocycles. The average molecular weight is 377 g/mol. The Kier molecular flexibility index (Phi) is 10.3. The van der Waals surface area contributed by atoms with Crippen molar-refractivity contribution >= 4 is 0 Å². The third kappa shape index (κ3) is 7.53. The lowest BCUT2D eigenvalue weighted by atomic mass is 10.1. The van der Waals surface area contributed by atoms with Crippen LogP contribution < -0.4 is 14.8 Å². The number of unbranched alkanes of at least 4 members (excludes halogenated alkanes) is 2. The van der Waals surface area contributed by atoms with Crippen LogP contribution in [0.5, 0.6) is 11.5 Å². The Morgan fingerprint density at radius 2 is 2.04 bits per heavy atom. The van der Waals surface area contributed by atoms with Crippen LogP contribution in [0.1, 0.15) is 37.3 Å². The van der Waals surface area contributed by atoms with Gasteiger partial charge in [-0.3, -0.25) is 4.90 Å². The summed E-state index contributed by atoms with van der Waals surface area (Å²) < 4.78 is 16.7. The average Bonchev–Trinajstić information content (AvgIpc) is 2.68. The van der Waals surface area contributed by atoms with Gasteiger partial charge in [-0.1, -0.05) is 18.6 Å². The van der Waals surface area contributed by atoms with Crippen LogP contribution in [0.2, 0.25) is 0 Å². The third-order valence-electron chi connectivity index (χ3n) is 4.82. The molecule has 1 fully saturated rings. The molecule has 0 radical (unpaired) electrons. The first-order chi connectivity index (χ1) is 13.3. The van der Waals surface area contributed by atoms with Gasteiger partial charge in [0.05, 0.1) is 26.9 Å². The highest BCUT2D eigenvalue weighted by molar-refractivity contribution is 5.50. The zero-order chi connectivity index (χ0) is 19.3. The summed E-state index contributed by atoms with van der Waals surface area (Å²) in [6, 6.07) is 4.27. The predicted molar refractivity (Wildman–Crippen MR) is 111 cm³/mol. The van der Waals surface area contributed by atoms with E-state index in [4.69, 9.17) is 14.2 Å². The van der Waals surface area contributed by atoms with Gasteiger partial charge in [0.2, 0.25) is 0 Å². The first-order valence-electron chi connectivity index (χ1n) is 10.2. The minimum absolute atomic E-state index is 0.629. The zero-order valence-corrected chi connectivity index (χ0v) is 17.1. The number of nitrogens with one attached hydrogen (secondary N) is 1. The van der Waals surface area contributed by atoms with E-state index in [-0.39, 0.29) is 0 Å². The maximum absolute atomic E-state index is 5.77. The summed E-state index contributed by atoms with van der Waals surface area (Å²) in [5, 5.41) is 3.56. The molecule has 0 saturated carbocycles. The Labute approximate surface area is 164 Å². The second kappa shape index (κ2) is 12.8. The van der Waals surface area contributed by atoms with Crippen molar-refractivity contribution in [1.29, 1.82) is 0 Å². The molecule has 1 saturated heterocycles. The lowest BCUT2D eigenvalue weighted by Gasteiger charge is -2.26. The first-order valence-corrected chi connectivity index (χ1v) is 10.2. The van der Waals surface area contributed by atoms with Gasteiger partial charge < -0.3 is 19.5 Å². The number of nitrogens with zero attached hydrogens (tertiary/aromatic N) is 1. The molecule has 152 valence electrons. The molecule has 2 rings (SSSR count). The van der Waals surface area contributed by atoms with Crippen LogP contribution in [0.15, 0.2) is 24.8 Å². The van der Waals surface area contributed by atoms with Crippen LogP contribution >= 0.6 is 0 Å². The molecule has 0 atom stereocenters. The summed E-state index contributed by atoms with van der Waals surface area (Å²) in [5.74, 6) is 1.64. The fourth-order valence-corrected chi connectivity index (χ4v) is 3.45. The smallest absolute Gasteiger partial charge is 0.164 e. The minimum Gasteiger partial charge on any atom is -0.493 e. The second-order valence-electron chi connectivity index (χ2n) is 6.90. The van der Waals surface area contributed by atoms with Gasteiger partial charge in [-0.2, -0.15) is 0 Å². The number of benzene rings is 1. The maximum atomic E-state index is 5.77. The molecule has 0 aliphatic carbocycles. The van der Waals surface area contributed by atoms with Crippen molar-refractivity contribution in [1.82, 2.24) is 10.2 Å². The number of hydrogen-bond acceptors (Lipinski definition) is 5. The van der Waals surface area contributed by atoms with Gasteiger partial charge in [0, 0.05) is 25.2 Å². The molecular formula is C22H36N2O3. The minimum atomic E-state index is 0.629. The Morgan fingerprint density at radius 1 is 1.22 bits per heavy atom. The fourth-order valence-electron chi connectivity index (χ4n) is 3.45. The predicted octanol–water partition coefficient (Wildman–Crippen LogP) is 3.41. The molecule has 0 amide bonds. The molecule has 1 aromatic carbocycles. The fraction of sp³-hybridized carbons (Fsp3) is 0.636. The normalized spacial score (nSPS) is 14.9. The van der Waals surface area contributed by atoms with Crippen LogP contribution in [0.4, 0.5) is 0 Å². The van der Waals surface area contributed by atoms with Crippen molar-refractivity contribution < 1.29 is 14.2 Å². The van der Waals surface area contributed by atoms with Gasteiger partial charge in [0.25, 0.3) is 0 Å². The van der Waals surface area contributed by atoms with E-state index in [0.717, 1.165) is 62.9 Å². The van der Waals surface area contributed by atoms with Gasteiger partial charge >= 0.3 is 0 Å². The summed E-state index contributed by atoms with van der Waals surface area (Å²) in [5.41, 5.74) is 2.35. The standard InChI is InChI=1S/C22H36N2O3/c1-4-9-20-16-19(17-21(27-5-2)22(20)25-3)18-23-10-7-6-8-11-24-12-14-26-15-13-24/h4,16-17,23H,1,5-15,18H2,2-3H3. The second-order valence-corrected chi connectivity index (χ2v) is 6.90. The number of morpholine rings is 1. The van der Waals surface area contributed by atoms with Crippen molar-refractivity contribution in [2.45, 2.75) is 39.2 Å². The van der Waals surface area contributed by atoms with E-state index in [1.165, 1.54) is 31.4 Å². The van der Waals surface area contributed by atoms with Crippen molar-refractivity contribution in [3.8, 4) is 11.5 Å². The molecule has 1 aliphatic rings. The lowest BCUT2D eigenvalue weighted by molar-refractivity contribution is 0.0371. The van der Waals surface area contributed by atoms with E-state index < -0.39 is 0 Å². The number of hydrogen-bond donors (Lipinski definition) is 1. The topological polar surface area (TPSA) is 43.0 Å². The van der Waals surface area contributed by atoms with Crippen LogP contribution in [-0.4, -0.2) is 58.0 Å². The summed E-state index contributed by atoms with van der Waals surface area (Å²) in [7, 11) is 1.69. The number of ether oxygens (including phenoxy) is 3. The molecule has 0 unspecified atom stereocenters. The Morgan fingerprint density at radius 3 is 2.74 bits per heavy atom. The summed E-state index contributed by atoms with van der Waals surface area (Å²) in [6.07, 6.45) is 6.41. The van der Waals surface area contributed by atoms with Crippen LogP contribution in [0.3, 0.4) is 0 Å². The molecule has 0 aromatic heterocycles. The quantitative estimate of drug-likeness (QED) is 0.422. The summed E-state index contributed by atoms with van der Waals surface area (Å²) in [4.78, 5) is 2.50. The first kappa shape index (κ1) is 21.7. The highest BCUT2D eigenvalue weighted by Crippen LogP contribution is 2.33. The van der Waals surface area contributed by atoms with E-state index in [9.17, 15) is 0 Å². The van der Waals surface area contributed by atoms with Crippen LogP contribution in [0, 0.1) is 0 Å². The summed E-state index contributed by atoms with van der Waals surface area (Å²) in [6.45, 7) is 13.5. The molecular weight excluding hydrogens is 340 g/mol. The SMILES string of the molecule is C=CCc1cc(CNCCCCCN2CCOCC2)cc(OCC)c1OC. The molecule has 5 heteroatoms. The monoisotopic (exact) mass is 376 g/mol. The molecule has 0 spiro atoms. The van der Waals surface area contributed by atoms with E-state index >= 15 is 0 Å². The van der Waals surface area contributed by atoms with Crippen molar-refractivity contribution in [3.63, 3.8) is 0 Å². The Balaban J connectivity index is 1.73. The van der Waals surface area contributed by atoms with Crippen molar-refractivity contribution in [2.75, 3.05) is 53.1 Å². The highest BCUT2D eigenvalue weighted by atomic mass is 16.5. The molecule has 5 nitrogen and oxygen atoms in total. The molecule has 1 aromatic rings. The van der Waals surface area contributed by atoms with Gasteiger partial charge in [-0.25, -0.2) is 0 Å². The number of rotatable bonds is 13. The number of methoxy groups -OCH3 is 1. The largest absolute Gasteiger partial charge is 0.493 e. The Hall–Kier alpha value is -1.56. The van der Waals surface area contributed by atoms with Crippen LogP contribution in [0.25, 0.3) is 0 Å². The molecule has 1 N–H and O–H groups in total. The van der Waals surface area contributed by atoms with Gasteiger partial charge in [0.15, 0.2) is 11.5 Å². The van der Waals surface area contributed by atoms with Crippen molar-refractivity contribution in [3.05, 3.63) is 35.9 Å². The van der Waals surface area contributed by atoms with Gasteiger partial charge in [-0.15, -0.1) is 6.58 Å². The lowest BCUT2D eigenvalue weighted by Crippen LogP contribution is -2.36. The van der Waals surface area contributed by atoms with Gasteiger partial charge in [0.1, 0.15) is 0 Å². The van der Waals surface area contributed by atoms with E-state index in [1.54, 1.807) is 7.11 Å². The molecule has 27 heavy (non-hydrogen) atoms. The van der Waals surface area contributed by atoms with E-state index in [2.05, 4.69) is 28.9 Å². The number of allylic oxidation sites excluding steroid dienone is 1. The van der Waals surface area contributed by atoms with E-state index in [0.29, 0.717) is 6.61 Å². The molecule has 0 bridgehead atoms. The van der Waals surface area contributed by atoms with Gasteiger partial charge in [-0.05, 0) is 50.9 Å². The third-order valence-corrected chi connectivity index (χ3v) is 4.82. The zero-order valence-electron chi connectivity index (χ0n) is 17.1. The Bertz CT molecular complexity index is 557. The molecule has 1 aliphatic heterocycles. The summed E-state index contributed by atoms with van der Waals surface area (Å²) >= 11 is 0. The maximum Gasteiger partial charge on any atom is 0.164 e.